The molecule has 4 rings (SSSR count). The van der Waals surface area contributed by atoms with Crippen molar-refractivity contribution in [1.82, 2.24) is 4.98 Å². The second-order valence-electron chi connectivity index (χ2n) is 11.8. The topological polar surface area (TPSA) is 48.1 Å². The summed E-state index contributed by atoms with van der Waals surface area (Å²) >= 11 is 0. The molecular formula is C32H46N2O. The van der Waals surface area contributed by atoms with Gasteiger partial charge in [-0.2, -0.15) is 0 Å². The molecule has 3 aliphatic carbocycles. The third kappa shape index (κ3) is 6.67. The van der Waals surface area contributed by atoms with Gasteiger partial charge in [-0.15, -0.1) is 18.8 Å². The molecule has 0 saturated heterocycles. The second-order valence-corrected chi connectivity index (χ2v) is 11.8. The lowest BCUT2D eigenvalue weighted by atomic mass is 9.59. The predicted molar refractivity (Wildman–Crippen MR) is 149 cm³/mol. The molecule has 1 atom stereocenters. The summed E-state index contributed by atoms with van der Waals surface area (Å²) in [5.74, 6) is 6.55. The lowest BCUT2D eigenvalue weighted by Gasteiger charge is -2.46. The van der Waals surface area contributed by atoms with Crippen LogP contribution in [0.15, 0.2) is 41.8 Å². The fraction of sp³-hybridized carbons (Fsp3) is 0.594. The molecule has 0 bridgehead atoms. The minimum Gasteiger partial charge on any atom is -0.381 e. The quantitative estimate of drug-likeness (QED) is 0.468. The predicted octanol–water partition coefficient (Wildman–Crippen LogP) is 7.04. The van der Waals surface area contributed by atoms with Gasteiger partial charge in [-0.05, 0) is 91.0 Å². The molecule has 2 N–H and O–H groups in total. The summed E-state index contributed by atoms with van der Waals surface area (Å²) in [4.78, 5) is 4.44. The smallest absolute Gasteiger partial charge is 0.0571 e. The van der Waals surface area contributed by atoms with E-state index in [2.05, 4.69) is 82.5 Å². The molecule has 2 saturated carbocycles. The Morgan fingerprint density at radius 1 is 1.17 bits per heavy atom. The number of aromatic nitrogens is 1. The first kappa shape index (κ1) is 28.9. The first-order valence-corrected chi connectivity index (χ1v) is 12.9. The van der Waals surface area contributed by atoms with Gasteiger partial charge in [0, 0.05) is 31.0 Å². The summed E-state index contributed by atoms with van der Waals surface area (Å²) < 4.78 is 5.64. The fourth-order valence-corrected chi connectivity index (χ4v) is 5.69. The summed E-state index contributed by atoms with van der Waals surface area (Å²) in [6.45, 7) is 14.0. The second kappa shape index (κ2) is 12.1. The van der Waals surface area contributed by atoms with Gasteiger partial charge in [0.2, 0.25) is 0 Å². The SMILES string of the molecule is C#C.CC#Cc1cncc(C2C=C3C(=CC2)CC2(CCC(OC)CC2)C3(C)C)c1.CC(C)(C)CN. The van der Waals surface area contributed by atoms with Crippen molar-refractivity contribution in [3.63, 3.8) is 0 Å². The number of fused-ring (bicyclic) bond motifs is 1. The van der Waals surface area contributed by atoms with Crippen molar-refractivity contribution in [3.8, 4) is 24.7 Å². The lowest BCUT2D eigenvalue weighted by molar-refractivity contribution is -0.00571. The largest absolute Gasteiger partial charge is 0.381 e. The molecule has 2 fully saturated rings. The Bertz CT molecular complexity index is 986. The van der Waals surface area contributed by atoms with E-state index >= 15 is 0 Å². The Labute approximate surface area is 215 Å². The summed E-state index contributed by atoms with van der Waals surface area (Å²) in [7, 11) is 1.86. The number of methoxy groups -OCH3 is 1. The average Bonchev–Trinajstić information content (AvgIpc) is 3.07. The third-order valence-electron chi connectivity index (χ3n) is 8.15. The summed E-state index contributed by atoms with van der Waals surface area (Å²) in [6.07, 6.45) is 24.7. The van der Waals surface area contributed by atoms with Crippen molar-refractivity contribution in [2.24, 2.45) is 22.0 Å². The van der Waals surface area contributed by atoms with Crippen LogP contribution in [0.25, 0.3) is 0 Å². The minimum absolute atomic E-state index is 0.227. The number of rotatable bonds is 2. The number of ether oxygens (including phenoxy) is 1. The third-order valence-corrected chi connectivity index (χ3v) is 8.15. The van der Waals surface area contributed by atoms with Gasteiger partial charge < -0.3 is 10.5 Å². The van der Waals surface area contributed by atoms with E-state index in [9.17, 15) is 0 Å². The molecule has 35 heavy (non-hydrogen) atoms. The zero-order valence-electron chi connectivity index (χ0n) is 23.1. The molecule has 3 nitrogen and oxygen atoms in total. The maximum absolute atomic E-state index is 5.64. The van der Waals surface area contributed by atoms with E-state index in [0.717, 1.165) is 18.5 Å². The summed E-state index contributed by atoms with van der Waals surface area (Å²) in [6, 6.07) is 2.21. The normalized spacial score (nSPS) is 26.5. The van der Waals surface area contributed by atoms with Gasteiger partial charge in [-0.3, -0.25) is 4.98 Å². The van der Waals surface area contributed by atoms with Gasteiger partial charge in [0.1, 0.15) is 0 Å². The van der Waals surface area contributed by atoms with Crippen molar-refractivity contribution < 1.29 is 4.74 Å². The van der Waals surface area contributed by atoms with Crippen LogP contribution in [0.5, 0.6) is 0 Å². The molecule has 190 valence electrons. The van der Waals surface area contributed by atoms with E-state index in [4.69, 9.17) is 10.5 Å². The van der Waals surface area contributed by atoms with Crippen LogP contribution in [0, 0.1) is 40.9 Å². The van der Waals surface area contributed by atoms with E-state index < -0.39 is 0 Å². The highest BCUT2D eigenvalue weighted by Crippen LogP contribution is 2.65. The molecular weight excluding hydrogens is 428 g/mol. The highest BCUT2D eigenvalue weighted by Gasteiger charge is 2.55. The van der Waals surface area contributed by atoms with E-state index in [-0.39, 0.29) is 5.41 Å². The van der Waals surface area contributed by atoms with Gasteiger partial charge in [-0.1, -0.05) is 52.7 Å². The molecule has 1 spiro atoms. The van der Waals surface area contributed by atoms with Gasteiger partial charge in [-0.25, -0.2) is 0 Å². The monoisotopic (exact) mass is 474 g/mol. The highest BCUT2D eigenvalue weighted by atomic mass is 16.5. The number of hydrogen-bond acceptors (Lipinski definition) is 3. The van der Waals surface area contributed by atoms with Crippen LogP contribution in [-0.4, -0.2) is 24.7 Å². The summed E-state index contributed by atoms with van der Waals surface area (Å²) in [5.41, 5.74) is 11.7. The Kier molecular flexibility index (Phi) is 9.97. The van der Waals surface area contributed by atoms with Crippen LogP contribution >= 0.6 is 0 Å². The van der Waals surface area contributed by atoms with Gasteiger partial charge >= 0.3 is 0 Å². The van der Waals surface area contributed by atoms with E-state index in [1.165, 1.54) is 37.7 Å². The number of nitrogens with zero attached hydrogens (tertiary/aromatic N) is 1. The number of terminal acetylenes is 1. The van der Waals surface area contributed by atoms with Crippen LogP contribution in [0.4, 0.5) is 0 Å². The fourth-order valence-electron chi connectivity index (χ4n) is 5.69. The molecule has 1 unspecified atom stereocenters. The molecule has 0 aromatic carbocycles. The minimum atomic E-state index is 0.227. The maximum atomic E-state index is 5.64. The van der Waals surface area contributed by atoms with E-state index in [1.54, 1.807) is 11.1 Å². The molecule has 0 aliphatic heterocycles. The Hall–Kier alpha value is -2.33. The molecule has 1 aromatic rings. The lowest BCUT2D eigenvalue weighted by Crippen LogP contribution is -2.39. The number of pyridine rings is 1. The van der Waals surface area contributed by atoms with Gasteiger partial charge in [0.05, 0.1) is 6.10 Å². The van der Waals surface area contributed by atoms with Crippen molar-refractivity contribution in [3.05, 3.63) is 52.9 Å². The average molecular weight is 475 g/mol. The maximum Gasteiger partial charge on any atom is 0.0571 e. The Morgan fingerprint density at radius 3 is 2.34 bits per heavy atom. The standard InChI is InChI=1S/C25H31NO.C5H13N.C2H2/c1-5-6-18-13-21(17-26-16-18)19-7-8-20-15-25(24(2,3)23(20)14-19)11-9-22(27-4)10-12-25;1-5(2,3)4-6;1-2/h8,13-14,16-17,19,22H,7,9-12,15H2,1-4H3;4,6H2,1-3H3;1-2H. The van der Waals surface area contributed by atoms with Crippen LogP contribution in [0.3, 0.4) is 0 Å². The van der Waals surface area contributed by atoms with Crippen molar-refractivity contribution in [2.75, 3.05) is 13.7 Å². The van der Waals surface area contributed by atoms with E-state index in [1.807, 2.05) is 26.4 Å². The first-order chi connectivity index (χ1) is 16.5. The molecule has 1 aromatic heterocycles. The van der Waals surface area contributed by atoms with Crippen molar-refractivity contribution >= 4 is 0 Å². The van der Waals surface area contributed by atoms with Crippen LogP contribution < -0.4 is 5.73 Å². The number of hydrogen-bond donors (Lipinski definition) is 1. The van der Waals surface area contributed by atoms with Gasteiger partial charge in [0.15, 0.2) is 0 Å². The zero-order valence-corrected chi connectivity index (χ0v) is 23.1. The molecule has 0 radical (unpaired) electrons. The zero-order chi connectivity index (χ0) is 26.3. The number of nitrogens with two attached hydrogens (primary N) is 1. The van der Waals surface area contributed by atoms with Crippen LogP contribution in [0.2, 0.25) is 0 Å². The summed E-state index contributed by atoms with van der Waals surface area (Å²) in [5, 5.41) is 0. The highest BCUT2D eigenvalue weighted by molar-refractivity contribution is 5.50. The molecule has 3 aliphatic rings. The Morgan fingerprint density at radius 2 is 1.80 bits per heavy atom. The van der Waals surface area contributed by atoms with Crippen LogP contribution in [-0.2, 0) is 4.74 Å². The molecule has 1 heterocycles. The van der Waals surface area contributed by atoms with Gasteiger partial charge in [0.25, 0.3) is 0 Å². The number of allylic oxidation sites excluding steroid dienone is 4. The van der Waals surface area contributed by atoms with E-state index in [0.29, 0.717) is 22.9 Å². The molecule has 0 amide bonds. The molecule has 3 heteroatoms. The Balaban J connectivity index is 0.000000474. The van der Waals surface area contributed by atoms with Crippen molar-refractivity contribution in [2.45, 2.75) is 92.1 Å². The van der Waals surface area contributed by atoms with Crippen LogP contribution in [0.1, 0.15) is 97.1 Å². The van der Waals surface area contributed by atoms with Crippen molar-refractivity contribution in [1.29, 1.82) is 0 Å². The first-order valence-electron chi connectivity index (χ1n) is 12.9.